The SMILES string of the molecule is Cc1ccc(-c2cocn2)cc1-c1ccc(N)cc1. The molecule has 0 unspecified atom stereocenters. The van der Waals surface area contributed by atoms with Crippen molar-refractivity contribution in [2.75, 3.05) is 5.73 Å². The molecule has 1 aromatic heterocycles. The van der Waals surface area contributed by atoms with E-state index in [0.29, 0.717) is 0 Å². The van der Waals surface area contributed by atoms with Crippen molar-refractivity contribution in [2.24, 2.45) is 0 Å². The number of aromatic nitrogens is 1. The predicted octanol–water partition coefficient (Wildman–Crippen LogP) is 3.90. The van der Waals surface area contributed by atoms with E-state index < -0.39 is 0 Å². The molecule has 3 rings (SSSR count). The van der Waals surface area contributed by atoms with E-state index in [1.54, 1.807) is 6.26 Å². The molecule has 0 saturated carbocycles. The van der Waals surface area contributed by atoms with Crippen LogP contribution in [-0.4, -0.2) is 4.98 Å². The molecular formula is C16H14N2O. The van der Waals surface area contributed by atoms with Crippen LogP contribution in [0.4, 0.5) is 5.69 Å². The molecule has 2 aromatic carbocycles. The smallest absolute Gasteiger partial charge is 0.181 e. The first-order chi connectivity index (χ1) is 9.24. The number of hydrogen-bond acceptors (Lipinski definition) is 3. The van der Waals surface area contributed by atoms with Gasteiger partial charge in [-0.2, -0.15) is 0 Å². The highest BCUT2D eigenvalue weighted by Gasteiger charge is 2.06. The van der Waals surface area contributed by atoms with Gasteiger partial charge in [0.1, 0.15) is 12.0 Å². The standard InChI is InChI=1S/C16H14N2O/c1-11-2-3-13(16-9-19-10-18-16)8-15(11)12-4-6-14(17)7-5-12/h2-10H,17H2,1H3. The average molecular weight is 250 g/mol. The lowest BCUT2D eigenvalue weighted by Crippen LogP contribution is -1.88. The van der Waals surface area contributed by atoms with Gasteiger partial charge in [-0.1, -0.05) is 24.3 Å². The summed E-state index contributed by atoms with van der Waals surface area (Å²) in [6, 6.07) is 14.2. The molecule has 0 aliphatic rings. The molecule has 0 radical (unpaired) electrons. The Balaban J connectivity index is 2.10. The second kappa shape index (κ2) is 4.61. The highest BCUT2D eigenvalue weighted by Crippen LogP contribution is 2.29. The second-order valence-corrected chi connectivity index (χ2v) is 4.53. The minimum absolute atomic E-state index is 0.772. The number of nitrogens with zero attached hydrogens (tertiary/aromatic N) is 1. The first-order valence-electron chi connectivity index (χ1n) is 6.09. The Morgan fingerprint density at radius 1 is 1.00 bits per heavy atom. The number of oxazole rings is 1. The molecule has 0 bridgehead atoms. The van der Waals surface area contributed by atoms with Gasteiger partial charge in [0.2, 0.25) is 0 Å². The lowest BCUT2D eigenvalue weighted by molar-refractivity contribution is 0.558. The molecule has 0 amide bonds. The van der Waals surface area contributed by atoms with Crippen LogP contribution in [0.5, 0.6) is 0 Å². The van der Waals surface area contributed by atoms with Crippen LogP contribution in [-0.2, 0) is 0 Å². The molecule has 2 N–H and O–H groups in total. The second-order valence-electron chi connectivity index (χ2n) is 4.53. The third-order valence-corrected chi connectivity index (χ3v) is 3.19. The fourth-order valence-electron chi connectivity index (χ4n) is 2.11. The zero-order valence-corrected chi connectivity index (χ0v) is 10.6. The number of aryl methyl sites for hydroxylation is 1. The first kappa shape index (κ1) is 11.5. The Morgan fingerprint density at radius 2 is 1.74 bits per heavy atom. The van der Waals surface area contributed by atoms with Crippen molar-refractivity contribution in [3.63, 3.8) is 0 Å². The lowest BCUT2D eigenvalue weighted by Gasteiger charge is -2.08. The van der Waals surface area contributed by atoms with E-state index in [4.69, 9.17) is 10.2 Å². The van der Waals surface area contributed by atoms with Crippen LogP contribution < -0.4 is 5.73 Å². The van der Waals surface area contributed by atoms with Gasteiger partial charge in [0, 0.05) is 11.3 Å². The summed E-state index contributed by atoms with van der Waals surface area (Å²) in [5.74, 6) is 0. The average Bonchev–Trinajstić information content (AvgIpc) is 2.94. The Hall–Kier alpha value is -2.55. The molecular weight excluding hydrogens is 236 g/mol. The van der Waals surface area contributed by atoms with E-state index >= 15 is 0 Å². The van der Waals surface area contributed by atoms with Crippen LogP contribution in [0.3, 0.4) is 0 Å². The minimum Gasteiger partial charge on any atom is -0.451 e. The van der Waals surface area contributed by atoms with Gasteiger partial charge in [0.25, 0.3) is 0 Å². The number of benzene rings is 2. The van der Waals surface area contributed by atoms with Gasteiger partial charge in [0.15, 0.2) is 6.39 Å². The summed E-state index contributed by atoms with van der Waals surface area (Å²) in [4.78, 5) is 4.18. The Kier molecular flexibility index (Phi) is 2.80. The maximum atomic E-state index is 5.73. The van der Waals surface area contributed by atoms with Crippen molar-refractivity contribution in [2.45, 2.75) is 6.92 Å². The van der Waals surface area contributed by atoms with Crippen molar-refractivity contribution in [1.82, 2.24) is 4.98 Å². The molecule has 0 atom stereocenters. The molecule has 0 fully saturated rings. The summed E-state index contributed by atoms with van der Waals surface area (Å²) >= 11 is 0. The van der Waals surface area contributed by atoms with Crippen LogP contribution >= 0.6 is 0 Å². The van der Waals surface area contributed by atoms with Crippen LogP contribution in [0.25, 0.3) is 22.4 Å². The molecule has 94 valence electrons. The zero-order chi connectivity index (χ0) is 13.2. The predicted molar refractivity (Wildman–Crippen MR) is 76.5 cm³/mol. The number of hydrogen-bond donors (Lipinski definition) is 1. The number of nitrogens with two attached hydrogens (primary N) is 1. The molecule has 0 spiro atoms. The summed E-state index contributed by atoms with van der Waals surface area (Å²) in [7, 11) is 0. The maximum absolute atomic E-state index is 5.73. The molecule has 0 aliphatic heterocycles. The first-order valence-corrected chi connectivity index (χ1v) is 6.09. The van der Waals surface area contributed by atoms with E-state index in [1.165, 1.54) is 17.5 Å². The van der Waals surface area contributed by atoms with Gasteiger partial charge in [-0.15, -0.1) is 0 Å². The Morgan fingerprint density at radius 3 is 2.42 bits per heavy atom. The Labute approximate surface area is 111 Å². The molecule has 3 heteroatoms. The molecule has 0 saturated heterocycles. The topological polar surface area (TPSA) is 52.0 Å². The van der Waals surface area contributed by atoms with Crippen LogP contribution in [0, 0.1) is 6.92 Å². The van der Waals surface area contributed by atoms with Crippen LogP contribution in [0.2, 0.25) is 0 Å². The van der Waals surface area contributed by atoms with E-state index in [1.807, 2.05) is 30.3 Å². The van der Waals surface area contributed by atoms with Crippen LogP contribution in [0.15, 0.2) is 59.5 Å². The van der Waals surface area contributed by atoms with Gasteiger partial charge in [-0.25, -0.2) is 4.98 Å². The van der Waals surface area contributed by atoms with Gasteiger partial charge in [0.05, 0.1) is 0 Å². The highest BCUT2D eigenvalue weighted by molar-refractivity contribution is 5.74. The molecule has 3 nitrogen and oxygen atoms in total. The van der Waals surface area contributed by atoms with Gasteiger partial charge in [-0.05, 0) is 41.8 Å². The number of nitrogen functional groups attached to an aromatic ring is 1. The summed E-state index contributed by atoms with van der Waals surface area (Å²) in [6.45, 7) is 2.10. The van der Waals surface area contributed by atoms with E-state index in [-0.39, 0.29) is 0 Å². The highest BCUT2D eigenvalue weighted by atomic mass is 16.3. The molecule has 1 heterocycles. The Bertz CT molecular complexity index is 685. The number of rotatable bonds is 2. The molecule has 3 aromatic rings. The summed E-state index contributed by atoms with van der Waals surface area (Å²) in [5, 5.41) is 0. The normalized spacial score (nSPS) is 10.6. The van der Waals surface area contributed by atoms with E-state index in [0.717, 1.165) is 22.5 Å². The van der Waals surface area contributed by atoms with E-state index in [2.05, 4.69) is 24.0 Å². The lowest BCUT2D eigenvalue weighted by atomic mass is 9.97. The van der Waals surface area contributed by atoms with Crippen molar-refractivity contribution < 1.29 is 4.42 Å². The summed E-state index contributed by atoms with van der Waals surface area (Å²) < 4.78 is 5.03. The van der Waals surface area contributed by atoms with Crippen molar-refractivity contribution in [3.8, 4) is 22.4 Å². The fourth-order valence-corrected chi connectivity index (χ4v) is 2.11. The summed E-state index contributed by atoms with van der Waals surface area (Å²) in [5.41, 5.74) is 11.9. The summed E-state index contributed by atoms with van der Waals surface area (Å²) in [6.07, 6.45) is 3.09. The van der Waals surface area contributed by atoms with Gasteiger partial charge < -0.3 is 10.2 Å². The quantitative estimate of drug-likeness (QED) is 0.702. The number of anilines is 1. The minimum atomic E-state index is 0.772. The van der Waals surface area contributed by atoms with Crippen molar-refractivity contribution >= 4 is 5.69 Å². The fraction of sp³-hybridized carbons (Fsp3) is 0.0625. The third kappa shape index (κ3) is 2.22. The van der Waals surface area contributed by atoms with Gasteiger partial charge >= 0.3 is 0 Å². The van der Waals surface area contributed by atoms with Crippen LogP contribution in [0.1, 0.15) is 5.56 Å². The molecule has 19 heavy (non-hydrogen) atoms. The largest absolute Gasteiger partial charge is 0.451 e. The van der Waals surface area contributed by atoms with Crippen molar-refractivity contribution in [3.05, 3.63) is 60.7 Å². The van der Waals surface area contributed by atoms with Gasteiger partial charge in [-0.3, -0.25) is 0 Å². The third-order valence-electron chi connectivity index (χ3n) is 3.19. The zero-order valence-electron chi connectivity index (χ0n) is 10.6. The monoisotopic (exact) mass is 250 g/mol. The van der Waals surface area contributed by atoms with E-state index in [9.17, 15) is 0 Å². The molecule has 0 aliphatic carbocycles. The maximum Gasteiger partial charge on any atom is 0.181 e. The van der Waals surface area contributed by atoms with Crippen molar-refractivity contribution in [1.29, 1.82) is 0 Å².